The summed E-state index contributed by atoms with van der Waals surface area (Å²) in [6, 6.07) is 17.9. The number of nitrogens with zero attached hydrogens (tertiary/aromatic N) is 3. The van der Waals surface area contributed by atoms with Crippen LogP contribution in [-0.2, 0) is 4.74 Å². The summed E-state index contributed by atoms with van der Waals surface area (Å²) in [6.45, 7) is 2.45. The number of rotatable bonds is 2. The molecule has 2 aromatic heterocycles. The van der Waals surface area contributed by atoms with E-state index in [2.05, 4.69) is 16.0 Å². The van der Waals surface area contributed by atoms with E-state index in [0.717, 1.165) is 32.9 Å². The number of pyridine rings is 2. The monoisotopic (exact) mass is 369 g/mol. The van der Waals surface area contributed by atoms with Crippen LogP contribution in [0.25, 0.3) is 32.9 Å². The molecule has 0 bridgehead atoms. The standard InChI is InChI=1S/C23H19N3O2/c27-23(26-11-13-28-14-12-26)16-5-6-22-20(15-16)18(8-10-25-22)17-7-9-24-21-4-2-1-3-19(17)21/h1-10,15H,11-14H2. The molecule has 0 saturated carbocycles. The lowest BCUT2D eigenvalue weighted by atomic mass is 9.97. The number of amides is 1. The first-order valence-corrected chi connectivity index (χ1v) is 9.41. The highest BCUT2D eigenvalue weighted by atomic mass is 16.5. The predicted octanol–water partition coefficient (Wildman–Crippen LogP) is 3.92. The number of aromatic nitrogens is 2. The molecule has 0 atom stereocenters. The lowest BCUT2D eigenvalue weighted by molar-refractivity contribution is 0.0303. The van der Waals surface area contributed by atoms with Crippen molar-refractivity contribution >= 4 is 27.7 Å². The van der Waals surface area contributed by atoms with E-state index in [-0.39, 0.29) is 5.91 Å². The topological polar surface area (TPSA) is 55.3 Å². The molecule has 1 aliphatic heterocycles. The Balaban J connectivity index is 1.66. The molecule has 0 radical (unpaired) electrons. The second-order valence-electron chi connectivity index (χ2n) is 6.87. The van der Waals surface area contributed by atoms with Crippen LogP contribution in [0.4, 0.5) is 0 Å². The quantitative estimate of drug-likeness (QED) is 0.537. The van der Waals surface area contributed by atoms with E-state index in [9.17, 15) is 4.79 Å². The highest BCUT2D eigenvalue weighted by Gasteiger charge is 2.19. The van der Waals surface area contributed by atoms with Crippen LogP contribution < -0.4 is 0 Å². The van der Waals surface area contributed by atoms with Crippen molar-refractivity contribution in [3.05, 3.63) is 72.6 Å². The summed E-state index contributed by atoms with van der Waals surface area (Å²) in [4.78, 5) is 23.8. The first-order valence-electron chi connectivity index (χ1n) is 9.41. The van der Waals surface area contributed by atoms with Gasteiger partial charge in [0.25, 0.3) is 5.91 Å². The van der Waals surface area contributed by atoms with E-state index in [1.807, 2.05) is 65.8 Å². The van der Waals surface area contributed by atoms with E-state index in [1.54, 1.807) is 0 Å². The lowest BCUT2D eigenvalue weighted by Gasteiger charge is -2.27. The maximum absolute atomic E-state index is 12.9. The fourth-order valence-corrected chi connectivity index (χ4v) is 3.79. The summed E-state index contributed by atoms with van der Waals surface area (Å²) in [5, 5.41) is 2.06. The van der Waals surface area contributed by atoms with Crippen LogP contribution in [0.15, 0.2) is 67.0 Å². The van der Waals surface area contributed by atoms with E-state index in [0.29, 0.717) is 31.9 Å². The molecule has 138 valence electrons. The van der Waals surface area contributed by atoms with Crippen molar-refractivity contribution in [2.75, 3.05) is 26.3 Å². The van der Waals surface area contributed by atoms with E-state index >= 15 is 0 Å². The second kappa shape index (κ2) is 7.02. The molecule has 1 aliphatic rings. The molecule has 0 unspecified atom stereocenters. The molecule has 0 aliphatic carbocycles. The molecule has 0 N–H and O–H groups in total. The third kappa shape index (κ3) is 2.90. The molecule has 4 aromatic rings. The van der Waals surface area contributed by atoms with Crippen LogP contribution in [0.3, 0.4) is 0 Å². The zero-order chi connectivity index (χ0) is 18.9. The molecule has 5 nitrogen and oxygen atoms in total. The smallest absolute Gasteiger partial charge is 0.254 e. The molecule has 2 aromatic carbocycles. The van der Waals surface area contributed by atoms with Crippen LogP contribution in [0, 0.1) is 0 Å². The van der Waals surface area contributed by atoms with Gasteiger partial charge in [0.15, 0.2) is 0 Å². The lowest BCUT2D eigenvalue weighted by Crippen LogP contribution is -2.40. The summed E-state index contributed by atoms with van der Waals surface area (Å²) < 4.78 is 5.36. The van der Waals surface area contributed by atoms with Crippen molar-refractivity contribution in [1.82, 2.24) is 14.9 Å². The minimum absolute atomic E-state index is 0.0413. The van der Waals surface area contributed by atoms with Gasteiger partial charge in [0, 0.05) is 41.8 Å². The zero-order valence-corrected chi connectivity index (χ0v) is 15.3. The molecule has 1 fully saturated rings. The number of para-hydroxylation sites is 1. The van der Waals surface area contributed by atoms with Gasteiger partial charge in [0.1, 0.15) is 0 Å². The van der Waals surface area contributed by atoms with Crippen molar-refractivity contribution < 1.29 is 9.53 Å². The first-order chi connectivity index (χ1) is 13.8. The predicted molar refractivity (Wildman–Crippen MR) is 109 cm³/mol. The van der Waals surface area contributed by atoms with Crippen molar-refractivity contribution in [3.63, 3.8) is 0 Å². The van der Waals surface area contributed by atoms with Gasteiger partial charge in [0.2, 0.25) is 0 Å². The highest BCUT2D eigenvalue weighted by Crippen LogP contribution is 2.32. The molecule has 1 amide bonds. The zero-order valence-electron chi connectivity index (χ0n) is 15.3. The van der Waals surface area contributed by atoms with Gasteiger partial charge in [-0.15, -0.1) is 0 Å². The Labute approximate surface area is 162 Å². The fourth-order valence-electron chi connectivity index (χ4n) is 3.79. The summed E-state index contributed by atoms with van der Waals surface area (Å²) in [5.41, 5.74) is 4.65. The van der Waals surface area contributed by atoms with Gasteiger partial charge in [-0.2, -0.15) is 0 Å². The normalized spacial score (nSPS) is 14.5. The average Bonchev–Trinajstić information content (AvgIpc) is 2.78. The molecular formula is C23H19N3O2. The Kier molecular flexibility index (Phi) is 4.22. The number of ether oxygens (including phenoxy) is 1. The second-order valence-corrected chi connectivity index (χ2v) is 6.87. The van der Waals surface area contributed by atoms with E-state index in [4.69, 9.17) is 4.74 Å². The molecular weight excluding hydrogens is 350 g/mol. The summed E-state index contributed by atoms with van der Waals surface area (Å²) in [5.74, 6) is 0.0413. The third-order valence-electron chi connectivity index (χ3n) is 5.23. The van der Waals surface area contributed by atoms with Crippen molar-refractivity contribution in [2.45, 2.75) is 0 Å². The Morgan fingerprint density at radius 3 is 2.29 bits per heavy atom. The Morgan fingerprint density at radius 1 is 0.821 bits per heavy atom. The van der Waals surface area contributed by atoms with E-state index in [1.165, 1.54) is 0 Å². The van der Waals surface area contributed by atoms with Crippen LogP contribution in [0.1, 0.15) is 10.4 Å². The van der Waals surface area contributed by atoms with Crippen LogP contribution in [0.5, 0.6) is 0 Å². The minimum atomic E-state index is 0.0413. The van der Waals surface area contributed by atoms with Crippen molar-refractivity contribution in [2.24, 2.45) is 0 Å². The van der Waals surface area contributed by atoms with Gasteiger partial charge in [-0.1, -0.05) is 18.2 Å². The first kappa shape index (κ1) is 16.8. The largest absolute Gasteiger partial charge is 0.378 e. The van der Waals surface area contributed by atoms with Gasteiger partial charge in [-0.05, 0) is 47.5 Å². The highest BCUT2D eigenvalue weighted by molar-refractivity contribution is 6.06. The van der Waals surface area contributed by atoms with Gasteiger partial charge in [0.05, 0.1) is 24.2 Å². The van der Waals surface area contributed by atoms with Crippen molar-refractivity contribution in [1.29, 1.82) is 0 Å². The number of hydrogen-bond donors (Lipinski definition) is 0. The van der Waals surface area contributed by atoms with Crippen molar-refractivity contribution in [3.8, 4) is 11.1 Å². The number of hydrogen-bond acceptors (Lipinski definition) is 4. The Hall–Kier alpha value is -3.31. The number of fused-ring (bicyclic) bond motifs is 2. The third-order valence-corrected chi connectivity index (χ3v) is 5.23. The summed E-state index contributed by atoms with van der Waals surface area (Å²) in [7, 11) is 0. The maximum atomic E-state index is 12.9. The molecule has 3 heterocycles. The summed E-state index contributed by atoms with van der Waals surface area (Å²) in [6.07, 6.45) is 3.64. The van der Waals surface area contributed by atoms with E-state index < -0.39 is 0 Å². The van der Waals surface area contributed by atoms with Crippen LogP contribution >= 0.6 is 0 Å². The van der Waals surface area contributed by atoms with Gasteiger partial charge in [-0.3, -0.25) is 14.8 Å². The Bertz CT molecular complexity index is 1180. The SMILES string of the molecule is O=C(c1ccc2nccc(-c3ccnc4ccccc34)c2c1)N1CCOCC1. The molecule has 0 spiro atoms. The van der Waals surface area contributed by atoms with Gasteiger partial charge >= 0.3 is 0 Å². The fraction of sp³-hybridized carbons (Fsp3) is 0.174. The number of carbonyl (C=O) groups excluding carboxylic acids is 1. The molecule has 5 heteroatoms. The van der Waals surface area contributed by atoms with Gasteiger partial charge in [-0.25, -0.2) is 0 Å². The maximum Gasteiger partial charge on any atom is 0.254 e. The number of morpholine rings is 1. The molecule has 5 rings (SSSR count). The number of carbonyl (C=O) groups is 1. The average molecular weight is 369 g/mol. The minimum Gasteiger partial charge on any atom is -0.378 e. The molecule has 28 heavy (non-hydrogen) atoms. The van der Waals surface area contributed by atoms with Gasteiger partial charge < -0.3 is 9.64 Å². The number of benzene rings is 2. The molecule has 1 saturated heterocycles. The van der Waals surface area contributed by atoms with Crippen LogP contribution in [-0.4, -0.2) is 47.1 Å². The Morgan fingerprint density at radius 2 is 1.50 bits per heavy atom. The summed E-state index contributed by atoms with van der Waals surface area (Å²) >= 11 is 0. The van der Waals surface area contributed by atoms with Crippen LogP contribution in [0.2, 0.25) is 0 Å².